The average molecular weight is 449 g/mol. The van der Waals surface area contributed by atoms with Crippen LogP contribution in [0.15, 0.2) is 60.9 Å². The monoisotopic (exact) mass is 448 g/mol. The molecule has 3 aromatic heterocycles. The molecule has 5 aromatic rings. The highest BCUT2D eigenvalue weighted by atomic mass is 35.5. The molecule has 0 saturated heterocycles. The predicted octanol–water partition coefficient (Wildman–Crippen LogP) is 6.33. The molecular formula is C24H18Cl2N4O. The Hall–Kier alpha value is -3.15. The second-order valence-electron chi connectivity index (χ2n) is 7.45. The van der Waals surface area contributed by atoms with E-state index in [0.29, 0.717) is 22.2 Å². The number of nitrogens with one attached hydrogen (secondary N) is 1. The van der Waals surface area contributed by atoms with E-state index in [2.05, 4.69) is 14.5 Å². The van der Waals surface area contributed by atoms with Crippen molar-refractivity contribution in [1.82, 2.24) is 19.5 Å². The number of Topliss-reactive ketones (excluding diaryl/α,β-unsaturated/α-hetero) is 1. The van der Waals surface area contributed by atoms with Crippen LogP contribution < -0.4 is 0 Å². The number of H-pyrrole nitrogens is 1. The number of ketones is 1. The molecule has 3 heterocycles. The smallest absolute Gasteiger partial charge is 0.159 e. The molecule has 0 aliphatic heterocycles. The van der Waals surface area contributed by atoms with Gasteiger partial charge in [-0.05, 0) is 43.2 Å². The number of pyridine rings is 1. The quantitative estimate of drug-likeness (QED) is 0.319. The van der Waals surface area contributed by atoms with E-state index in [1.807, 2.05) is 48.7 Å². The van der Waals surface area contributed by atoms with Crippen LogP contribution in [0.2, 0.25) is 10.0 Å². The van der Waals surface area contributed by atoms with Crippen molar-refractivity contribution < 1.29 is 4.79 Å². The highest BCUT2D eigenvalue weighted by Gasteiger charge is 2.18. The Morgan fingerprint density at radius 2 is 1.87 bits per heavy atom. The summed E-state index contributed by atoms with van der Waals surface area (Å²) in [6.07, 6.45) is 4.47. The van der Waals surface area contributed by atoms with Gasteiger partial charge in [0.25, 0.3) is 0 Å². The number of nitrogens with zero attached hydrogens (tertiary/aromatic N) is 3. The van der Waals surface area contributed by atoms with Crippen molar-refractivity contribution >= 4 is 51.1 Å². The van der Waals surface area contributed by atoms with Crippen LogP contribution in [-0.4, -0.2) is 25.3 Å². The first-order valence-corrected chi connectivity index (χ1v) is 10.6. The number of hydrogen-bond acceptors (Lipinski definition) is 3. The summed E-state index contributed by atoms with van der Waals surface area (Å²) >= 11 is 12.6. The van der Waals surface area contributed by atoms with Crippen LogP contribution >= 0.6 is 23.2 Å². The third kappa shape index (κ3) is 3.60. The molecule has 0 saturated carbocycles. The van der Waals surface area contributed by atoms with Gasteiger partial charge in [-0.15, -0.1) is 0 Å². The van der Waals surface area contributed by atoms with E-state index in [0.717, 1.165) is 45.4 Å². The minimum Gasteiger partial charge on any atom is -0.345 e. The fourth-order valence-electron chi connectivity index (χ4n) is 3.84. The summed E-state index contributed by atoms with van der Waals surface area (Å²) in [6, 6.07) is 15.3. The van der Waals surface area contributed by atoms with Gasteiger partial charge < -0.3 is 9.55 Å². The number of imidazole rings is 1. The number of carbonyl (C=O) groups is 1. The Labute approximate surface area is 188 Å². The molecular weight excluding hydrogens is 431 g/mol. The van der Waals surface area contributed by atoms with Gasteiger partial charge in [0.1, 0.15) is 11.5 Å². The zero-order chi connectivity index (χ0) is 21.5. The zero-order valence-electron chi connectivity index (χ0n) is 16.7. The lowest BCUT2D eigenvalue weighted by Crippen LogP contribution is -2.04. The number of halogens is 2. The van der Waals surface area contributed by atoms with Crippen molar-refractivity contribution in [3.05, 3.63) is 82.1 Å². The highest BCUT2D eigenvalue weighted by molar-refractivity contribution is 6.42. The Balaban J connectivity index is 1.60. The molecule has 0 fully saturated rings. The van der Waals surface area contributed by atoms with Gasteiger partial charge in [-0.2, -0.15) is 0 Å². The van der Waals surface area contributed by atoms with Crippen molar-refractivity contribution in [1.29, 1.82) is 0 Å². The lowest BCUT2D eigenvalue weighted by atomic mass is 10.1. The van der Waals surface area contributed by atoms with Crippen molar-refractivity contribution in [2.45, 2.75) is 19.9 Å². The average Bonchev–Trinajstić information content (AvgIpc) is 3.34. The summed E-state index contributed by atoms with van der Waals surface area (Å²) < 4.78 is 2.16. The number of carbonyl (C=O) groups excluding carboxylic acids is 1. The standard InChI is InChI=1S/C24H18Cl2N4O/c1-14(31)16-6-4-15(5-7-16)8-10-30-22-12-20(26)19(25)11-21(22)29-24(30)18-13-28-23-17(18)3-2-9-27-23/h2-7,9,11-13H,8,10H2,1H3,(H,27,28). The summed E-state index contributed by atoms with van der Waals surface area (Å²) in [6.45, 7) is 2.26. The Kier molecular flexibility index (Phi) is 5.00. The molecule has 0 atom stereocenters. The molecule has 0 amide bonds. The second kappa shape index (κ2) is 7.84. The number of rotatable bonds is 5. The summed E-state index contributed by atoms with van der Waals surface area (Å²) in [7, 11) is 0. The van der Waals surface area contributed by atoms with Gasteiger partial charge in [-0.1, -0.05) is 47.5 Å². The van der Waals surface area contributed by atoms with E-state index in [4.69, 9.17) is 28.2 Å². The van der Waals surface area contributed by atoms with Gasteiger partial charge in [0.05, 0.1) is 21.1 Å². The minimum absolute atomic E-state index is 0.0638. The SMILES string of the molecule is CC(=O)c1ccc(CCn2c(-c3c[nH]c4ncccc34)nc3cc(Cl)c(Cl)cc32)cc1. The molecule has 0 bridgehead atoms. The van der Waals surface area contributed by atoms with Crippen molar-refractivity contribution in [3.63, 3.8) is 0 Å². The molecule has 2 aromatic carbocycles. The number of fused-ring (bicyclic) bond motifs is 2. The van der Waals surface area contributed by atoms with Crippen LogP contribution in [0, 0.1) is 0 Å². The number of hydrogen-bond donors (Lipinski definition) is 1. The number of benzene rings is 2. The molecule has 0 spiro atoms. The van der Waals surface area contributed by atoms with Gasteiger partial charge in [0, 0.05) is 35.5 Å². The molecule has 0 aliphatic carbocycles. The zero-order valence-corrected chi connectivity index (χ0v) is 18.2. The van der Waals surface area contributed by atoms with E-state index < -0.39 is 0 Å². The van der Waals surface area contributed by atoms with E-state index in [9.17, 15) is 4.79 Å². The fraction of sp³-hybridized carbons (Fsp3) is 0.125. The molecule has 5 rings (SSSR count). The van der Waals surface area contributed by atoms with E-state index in [1.165, 1.54) is 0 Å². The third-order valence-corrected chi connectivity index (χ3v) is 6.19. The van der Waals surface area contributed by atoms with E-state index in [-0.39, 0.29) is 5.78 Å². The highest BCUT2D eigenvalue weighted by Crippen LogP contribution is 2.34. The predicted molar refractivity (Wildman–Crippen MR) is 125 cm³/mol. The maximum Gasteiger partial charge on any atom is 0.159 e. The van der Waals surface area contributed by atoms with Gasteiger partial charge >= 0.3 is 0 Å². The van der Waals surface area contributed by atoms with Crippen LogP contribution in [0.3, 0.4) is 0 Å². The molecule has 7 heteroatoms. The van der Waals surface area contributed by atoms with Crippen LogP contribution in [0.1, 0.15) is 22.8 Å². The Bertz CT molecular complexity index is 1430. The molecule has 5 nitrogen and oxygen atoms in total. The van der Waals surface area contributed by atoms with Crippen molar-refractivity contribution in [2.24, 2.45) is 0 Å². The summed E-state index contributed by atoms with van der Waals surface area (Å²) in [5.41, 5.74) is 5.34. The van der Waals surface area contributed by atoms with E-state index >= 15 is 0 Å². The van der Waals surface area contributed by atoms with Crippen molar-refractivity contribution in [3.8, 4) is 11.4 Å². The van der Waals surface area contributed by atoms with Crippen LogP contribution in [-0.2, 0) is 13.0 Å². The van der Waals surface area contributed by atoms with Crippen LogP contribution in [0.5, 0.6) is 0 Å². The summed E-state index contributed by atoms with van der Waals surface area (Å²) in [5, 5.41) is 1.97. The Morgan fingerprint density at radius 3 is 2.65 bits per heavy atom. The molecule has 0 aliphatic rings. The molecule has 31 heavy (non-hydrogen) atoms. The van der Waals surface area contributed by atoms with Crippen LogP contribution in [0.4, 0.5) is 0 Å². The van der Waals surface area contributed by atoms with Gasteiger partial charge in [0.15, 0.2) is 5.78 Å². The van der Waals surface area contributed by atoms with Gasteiger partial charge in [-0.25, -0.2) is 9.97 Å². The first-order valence-electron chi connectivity index (χ1n) is 9.89. The lowest BCUT2D eigenvalue weighted by Gasteiger charge is -2.10. The second-order valence-corrected chi connectivity index (χ2v) is 8.26. The summed E-state index contributed by atoms with van der Waals surface area (Å²) in [5.74, 6) is 0.891. The number of aromatic nitrogens is 4. The van der Waals surface area contributed by atoms with Crippen LogP contribution in [0.25, 0.3) is 33.5 Å². The first kappa shape index (κ1) is 19.8. The third-order valence-electron chi connectivity index (χ3n) is 5.47. The molecule has 1 N–H and O–H groups in total. The first-order chi connectivity index (χ1) is 15.0. The fourth-order valence-corrected chi connectivity index (χ4v) is 4.16. The van der Waals surface area contributed by atoms with E-state index in [1.54, 1.807) is 19.2 Å². The molecule has 154 valence electrons. The normalized spacial score (nSPS) is 11.5. The number of aryl methyl sites for hydroxylation is 2. The van der Waals surface area contributed by atoms with Gasteiger partial charge in [-0.3, -0.25) is 4.79 Å². The maximum absolute atomic E-state index is 11.5. The largest absolute Gasteiger partial charge is 0.345 e. The Morgan fingerprint density at radius 1 is 1.10 bits per heavy atom. The lowest BCUT2D eigenvalue weighted by molar-refractivity contribution is 0.101. The molecule has 0 unspecified atom stereocenters. The minimum atomic E-state index is 0.0638. The molecule has 0 radical (unpaired) electrons. The maximum atomic E-state index is 11.5. The summed E-state index contributed by atoms with van der Waals surface area (Å²) in [4.78, 5) is 24.0. The van der Waals surface area contributed by atoms with Crippen molar-refractivity contribution in [2.75, 3.05) is 0 Å². The van der Waals surface area contributed by atoms with Gasteiger partial charge in [0.2, 0.25) is 0 Å². The number of aromatic amines is 1. The topological polar surface area (TPSA) is 63.6 Å².